The highest BCUT2D eigenvalue weighted by Gasteiger charge is 2.39. The Morgan fingerprint density at radius 2 is 0.930 bits per heavy atom. The zero-order valence-electron chi connectivity index (χ0n) is 22.9. The maximum absolute atomic E-state index is 12.9. The number of hydrogen-bond acceptors (Lipinski definition) is 8. The van der Waals surface area contributed by atoms with Gasteiger partial charge in [-0.2, -0.15) is 0 Å². The van der Waals surface area contributed by atoms with Crippen molar-refractivity contribution in [1.29, 1.82) is 0 Å². The first kappa shape index (κ1) is 27.7. The minimum Gasteiger partial charge on any atom is -0.454 e. The molecule has 2 heterocycles. The molecule has 0 bridgehead atoms. The van der Waals surface area contributed by atoms with Gasteiger partial charge >= 0.3 is 0 Å². The molecule has 4 aromatic rings. The van der Waals surface area contributed by atoms with Gasteiger partial charge in [-0.1, -0.05) is 36.4 Å². The summed E-state index contributed by atoms with van der Waals surface area (Å²) in [6, 6.07) is 24.5. The molecule has 0 spiro atoms. The Kier molecular flexibility index (Phi) is 7.01. The molecule has 12 heteroatoms. The highest BCUT2D eigenvalue weighted by atomic mass is 32.2. The van der Waals surface area contributed by atoms with E-state index in [-0.39, 0.29) is 48.3 Å². The lowest BCUT2D eigenvalue weighted by Crippen LogP contribution is -2.23. The average molecular weight is 621 g/mol. The van der Waals surface area contributed by atoms with Crippen molar-refractivity contribution in [2.45, 2.75) is 41.1 Å². The van der Waals surface area contributed by atoms with E-state index in [9.17, 15) is 16.8 Å². The molecule has 1 saturated carbocycles. The number of benzene rings is 4. The van der Waals surface area contributed by atoms with Crippen molar-refractivity contribution in [3.8, 4) is 23.0 Å². The summed E-state index contributed by atoms with van der Waals surface area (Å²) in [6.07, 6.45) is 0.906. The second-order valence-electron chi connectivity index (χ2n) is 10.6. The molecule has 2 aliphatic heterocycles. The molecule has 7 rings (SSSR count). The van der Waals surface area contributed by atoms with Crippen LogP contribution in [0.5, 0.6) is 23.0 Å². The van der Waals surface area contributed by atoms with E-state index in [1.807, 2.05) is 24.3 Å². The smallest absolute Gasteiger partial charge is 0.240 e. The molecule has 0 saturated heterocycles. The number of hydrogen-bond donors (Lipinski definition) is 2. The van der Waals surface area contributed by atoms with Crippen LogP contribution in [0.15, 0.2) is 94.7 Å². The Morgan fingerprint density at radius 1 is 0.535 bits per heavy atom. The van der Waals surface area contributed by atoms with Gasteiger partial charge in [0.15, 0.2) is 23.0 Å². The van der Waals surface area contributed by atoms with Gasteiger partial charge in [-0.25, -0.2) is 26.3 Å². The van der Waals surface area contributed by atoms with Gasteiger partial charge in [-0.15, -0.1) is 0 Å². The fourth-order valence-electron chi connectivity index (χ4n) is 5.35. The highest BCUT2D eigenvalue weighted by molar-refractivity contribution is 7.89. The number of ether oxygens (including phenoxy) is 4. The van der Waals surface area contributed by atoms with Crippen LogP contribution in [0.1, 0.15) is 40.5 Å². The number of rotatable bonds is 10. The van der Waals surface area contributed by atoms with Gasteiger partial charge in [0.25, 0.3) is 0 Å². The van der Waals surface area contributed by atoms with Crippen LogP contribution in [0.4, 0.5) is 0 Å². The third-order valence-corrected chi connectivity index (χ3v) is 10.7. The molecule has 3 aliphatic rings. The largest absolute Gasteiger partial charge is 0.454 e. The summed E-state index contributed by atoms with van der Waals surface area (Å²) in [5.74, 6) is 2.98. The SMILES string of the molecule is O=S(=O)(NCc1ccc2c(c1)OCO2)c1ccc(C2CC2c2ccc(S(=O)(=O)NCc3ccc4c(c3)OCO4)cc2)cc1. The molecule has 43 heavy (non-hydrogen) atoms. The van der Waals surface area contributed by atoms with E-state index >= 15 is 0 Å². The first-order chi connectivity index (χ1) is 20.7. The fourth-order valence-corrected chi connectivity index (χ4v) is 7.38. The summed E-state index contributed by atoms with van der Waals surface area (Å²) in [5.41, 5.74) is 3.62. The standard InChI is InChI=1S/C31H28N2O8S2/c34-42(35,32-16-20-1-11-28-30(13-20)40-18-38-28)24-7-3-22(4-8-24)26-15-27(26)23-5-9-25(10-6-23)43(36,37)33-17-21-2-12-29-31(14-21)41-19-39-29/h1-14,26-27,32-33H,15-19H2. The number of nitrogens with one attached hydrogen (secondary N) is 2. The van der Waals surface area contributed by atoms with E-state index in [0.717, 1.165) is 28.7 Å². The lowest BCUT2D eigenvalue weighted by atomic mass is 10.0. The molecule has 0 amide bonds. The molecule has 0 aromatic heterocycles. The Balaban J connectivity index is 0.947. The van der Waals surface area contributed by atoms with Crippen LogP contribution in [-0.4, -0.2) is 30.4 Å². The number of fused-ring (bicyclic) bond motifs is 2. The summed E-state index contributed by atoms with van der Waals surface area (Å²) in [6.45, 7) is 0.581. The lowest BCUT2D eigenvalue weighted by molar-refractivity contribution is 0.173. The van der Waals surface area contributed by atoms with Gasteiger partial charge in [-0.05, 0) is 89.0 Å². The van der Waals surface area contributed by atoms with Gasteiger partial charge in [0.05, 0.1) is 9.79 Å². The molecule has 4 aromatic carbocycles. The van der Waals surface area contributed by atoms with E-state index in [2.05, 4.69) is 9.44 Å². The first-order valence-electron chi connectivity index (χ1n) is 13.7. The molecule has 0 radical (unpaired) electrons. The zero-order valence-corrected chi connectivity index (χ0v) is 24.5. The van der Waals surface area contributed by atoms with Gasteiger partial charge in [0.1, 0.15) is 0 Å². The maximum Gasteiger partial charge on any atom is 0.240 e. The van der Waals surface area contributed by atoms with Crippen molar-refractivity contribution in [3.05, 3.63) is 107 Å². The normalized spacial score (nSPS) is 18.5. The molecule has 1 fully saturated rings. The topological polar surface area (TPSA) is 129 Å². The van der Waals surface area contributed by atoms with Crippen LogP contribution in [-0.2, 0) is 33.1 Å². The molecule has 2 unspecified atom stereocenters. The quantitative estimate of drug-likeness (QED) is 0.268. The molecular formula is C31H28N2O8S2. The summed E-state index contributed by atoms with van der Waals surface area (Å²) in [4.78, 5) is 0.383. The van der Waals surface area contributed by atoms with E-state index in [1.165, 1.54) is 0 Å². The molecule has 2 N–H and O–H groups in total. The van der Waals surface area contributed by atoms with Crippen LogP contribution in [0.2, 0.25) is 0 Å². The maximum atomic E-state index is 12.9. The minimum atomic E-state index is -3.70. The van der Waals surface area contributed by atoms with Crippen molar-refractivity contribution in [1.82, 2.24) is 9.44 Å². The van der Waals surface area contributed by atoms with Gasteiger partial charge in [-0.3, -0.25) is 0 Å². The monoisotopic (exact) mass is 620 g/mol. The highest BCUT2D eigenvalue weighted by Crippen LogP contribution is 2.54. The second-order valence-corrected chi connectivity index (χ2v) is 14.1. The molecule has 2 atom stereocenters. The van der Waals surface area contributed by atoms with Crippen LogP contribution in [0.3, 0.4) is 0 Å². The van der Waals surface area contributed by atoms with Crippen molar-refractivity contribution < 1.29 is 35.8 Å². The Hall–Kier alpha value is -4.10. The predicted molar refractivity (Wildman–Crippen MR) is 156 cm³/mol. The summed E-state index contributed by atoms with van der Waals surface area (Å²) in [7, 11) is -7.40. The van der Waals surface area contributed by atoms with Gasteiger partial charge in [0.2, 0.25) is 33.6 Å². The third kappa shape index (κ3) is 5.78. The van der Waals surface area contributed by atoms with Crippen molar-refractivity contribution in [2.75, 3.05) is 13.6 Å². The van der Waals surface area contributed by atoms with Crippen LogP contribution in [0.25, 0.3) is 0 Å². The van der Waals surface area contributed by atoms with Crippen molar-refractivity contribution in [3.63, 3.8) is 0 Å². The molecule has 222 valence electrons. The van der Waals surface area contributed by atoms with Gasteiger partial charge < -0.3 is 18.9 Å². The summed E-state index contributed by atoms with van der Waals surface area (Å²) >= 11 is 0. The Labute approximate surface area is 249 Å². The lowest BCUT2D eigenvalue weighted by Gasteiger charge is -2.09. The Bertz CT molecular complexity index is 1750. The fraction of sp³-hybridized carbons (Fsp3) is 0.226. The first-order valence-corrected chi connectivity index (χ1v) is 16.7. The van der Waals surface area contributed by atoms with Crippen LogP contribution in [0, 0.1) is 0 Å². The van der Waals surface area contributed by atoms with E-state index in [1.54, 1.807) is 60.7 Å². The minimum absolute atomic E-state index is 0.130. The van der Waals surface area contributed by atoms with Crippen molar-refractivity contribution in [2.24, 2.45) is 0 Å². The average Bonchev–Trinajstić information content (AvgIpc) is 3.43. The van der Waals surface area contributed by atoms with E-state index in [0.29, 0.717) is 23.0 Å². The second kappa shape index (κ2) is 10.9. The third-order valence-electron chi connectivity index (χ3n) is 7.83. The van der Waals surface area contributed by atoms with Crippen LogP contribution < -0.4 is 28.4 Å². The Morgan fingerprint density at radius 3 is 1.35 bits per heavy atom. The summed E-state index contributed by atoms with van der Waals surface area (Å²) < 4.78 is 78.1. The van der Waals surface area contributed by atoms with Gasteiger partial charge in [0, 0.05) is 13.1 Å². The predicted octanol–water partition coefficient (Wildman–Crippen LogP) is 4.37. The van der Waals surface area contributed by atoms with E-state index in [4.69, 9.17) is 18.9 Å². The van der Waals surface area contributed by atoms with E-state index < -0.39 is 20.0 Å². The zero-order chi connectivity index (χ0) is 29.6. The molecule has 10 nitrogen and oxygen atoms in total. The molecular weight excluding hydrogens is 592 g/mol. The number of sulfonamides is 2. The molecule has 1 aliphatic carbocycles. The van der Waals surface area contributed by atoms with Crippen molar-refractivity contribution >= 4 is 20.0 Å². The summed E-state index contributed by atoms with van der Waals surface area (Å²) in [5, 5.41) is 0. The van der Waals surface area contributed by atoms with Crippen LogP contribution >= 0.6 is 0 Å².